The highest BCUT2D eigenvalue weighted by Gasteiger charge is 2.40. The van der Waals surface area contributed by atoms with Crippen molar-refractivity contribution >= 4 is 27.5 Å². The summed E-state index contributed by atoms with van der Waals surface area (Å²) in [6.45, 7) is 0.853. The number of nitrogens with one attached hydrogen (secondary N) is 1. The minimum Gasteiger partial charge on any atom is -0.349 e. The molecule has 19 heavy (non-hydrogen) atoms. The Labute approximate surface area is 111 Å². The van der Waals surface area contributed by atoms with Gasteiger partial charge in [-0.25, -0.2) is 4.98 Å². The molecule has 0 saturated carbocycles. The molecule has 0 saturated heterocycles. The van der Waals surface area contributed by atoms with Crippen molar-refractivity contribution in [3.63, 3.8) is 0 Å². The van der Waals surface area contributed by atoms with Crippen LogP contribution in [0.15, 0.2) is 24.3 Å². The lowest BCUT2D eigenvalue weighted by Gasteiger charge is -2.14. The average Bonchev–Trinajstić information content (AvgIpc) is 2.76. The molecule has 1 atom stereocenters. The summed E-state index contributed by atoms with van der Waals surface area (Å²) in [5.74, 6) is -3.05. The zero-order chi connectivity index (χ0) is 14.0. The SMILES string of the molecule is CC(C(=O)NCc1nc2ccccc2s1)C(F)(F)F. The van der Waals surface area contributed by atoms with E-state index in [0.717, 1.165) is 17.1 Å². The molecule has 7 heteroatoms. The van der Waals surface area contributed by atoms with Crippen molar-refractivity contribution in [2.45, 2.75) is 19.6 Å². The van der Waals surface area contributed by atoms with Crippen molar-refractivity contribution < 1.29 is 18.0 Å². The van der Waals surface area contributed by atoms with E-state index < -0.39 is 18.0 Å². The molecule has 0 spiro atoms. The molecule has 3 nitrogen and oxygen atoms in total. The lowest BCUT2D eigenvalue weighted by molar-refractivity contribution is -0.178. The summed E-state index contributed by atoms with van der Waals surface area (Å²) in [5, 5.41) is 2.84. The number of hydrogen-bond acceptors (Lipinski definition) is 3. The average molecular weight is 288 g/mol. The van der Waals surface area contributed by atoms with Crippen molar-refractivity contribution in [3.05, 3.63) is 29.3 Å². The van der Waals surface area contributed by atoms with Crippen LogP contribution in [0.3, 0.4) is 0 Å². The maximum atomic E-state index is 12.3. The van der Waals surface area contributed by atoms with Crippen LogP contribution in [-0.2, 0) is 11.3 Å². The molecule has 1 aromatic carbocycles. The van der Waals surface area contributed by atoms with E-state index in [2.05, 4.69) is 10.3 Å². The molecule has 2 rings (SSSR count). The van der Waals surface area contributed by atoms with Gasteiger partial charge in [0.05, 0.1) is 16.8 Å². The highest BCUT2D eigenvalue weighted by molar-refractivity contribution is 7.18. The van der Waals surface area contributed by atoms with Gasteiger partial charge in [0.25, 0.3) is 0 Å². The van der Waals surface area contributed by atoms with Crippen LogP contribution in [0, 0.1) is 5.92 Å². The van der Waals surface area contributed by atoms with Crippen molar-refractivity contribution in [1.29, 1.82) is 0 Å². The fraction of sp³-hybridized carbons (Fsp3) is 0.333. The fourth-order valence-corrected chi connectivity index (χ4v) is 2.37. The number of para-hydroxylation sites is 1. The minimum absolute atomic E-state index is 0.0125. The number of aromatic nitrogens is 1. The number of rotatable bonds is 3. The number of halogens is 3. The maximum Gasteiger partial charge on any atom is 0.400 e. The van der Waals surface area contributed by atoms with Crippen LogP contribution in [0.25, 0.3) is 10.2 Å². The summed E-state index contributed by atoms with van der Waals surface area (Å²) in [4.78, 5) is 15.6. The quantitative estimate of drug-likeness (QED) is 0.943. The highest BCUT2D eigenvalue weighted by atomic mass is 32.1. The first-order valence-electron chi connectivity index (χ1n) is 5.57. The molecular weight excluding hydrogens is 277 g/mol. The van der Waals surface area contributed by atoms with Crippen LogP contribution in [0.5, 0.6) is 0 Å². The van der Waals surface area contributed by atoms with Gasteiger partial charge in [-0.15, -0.1) is 11.3 Å². The van der Waals surface area contributed by atoms with Gasteiger partial charge in [-0.05, 0) is 19.1 Å². The number of carbonyl (C=O) groups is 1. The summed E-state index contributed by atoms with van der Waals surface area (Å²) in [6.07, 6.45) is -4.52. The Hall–Kier alpha value is -1.63. The number of hydrogen-bond donors (Lipinski definition) is 1. The largest absolute Gasteiger partial charge is 0.400 e. The van der Waals surface area contributed by atoms with Crippen LogP contribution in [0.2, 0.25) is 0 Å². The monoisotopic (exact) mass is 288 g/mol. The Morgan fingerprint density at radius 2 is 2.11 bits per heavy atom. The lowest BCUT2D eigenvalue weighted by Crippen LogP contribution is -2.37. The standard InChI is InChI=1S/C12H11F3N2OS/c1-7(12(13,14)15)11(18)16-6-10-17-8-4-2-3-5-9(8)19-10/h2-5,7H,6H2,1H3,(H,16,18). The molecule has 2 aromatic rings. The number of alkyl halides is 3. The number of carbonyl (C=O) groups excluding carboxylic acids is 1. The van der Waals surface area contributed by atoms with E-state index in [1.54, 1.807) is 0 Å². The minimum atomic E-state index is -4.52. The molecule has 0 aliphatic carbocycles. The van der Waals surface area contributed by atoms with Gasteiger partial charge in [-0.3, -0.25) is 4.79 Å². The predicted octanol–water partition coefficient (Wildman–Crippen LogP) is 3.11. The third-order valence-corrected chi connectivity index (χ3v) is 3.67. The van der Waals surface area contributed by atoms with Crippen LogP contribution < -0.4 is 5.32 Å². The normalized spacial score (nSPS) is 13.5. The summed E-state index contributed by atoms with van der Waals surface area (Å²) in [7, 11) is 0. The lowest BCUT2D eigenvalue weighted by atomic mass is 10.1. The van der Waals surface area contributed by atoms with E-state index in [4.69, 9.17) is 0 Å². The Kier molecular flexibility index (Phi) is 3.75. The van der Waals surface area contributed by atoms with Gasteiger partial charge in [0.15, 0.2) is 0 Å². The highest BCUT2D eigenvalue weighted by Crippen LogP contribution is 2.26. The number of fused-ring (bicyclic) bond motifs is 1. The third-order valence-electron chi connectivity index (χ3n) is 2.64. The summed E-state index contributed by atoms with van der Waals surface area (Å²) in [6, 6.07) is 7.37. The number of benzene rings is 1. The molecule has 0 fully saturated rings. The van der Waals surface area contributed by atoms with Crippen LogP contribution >= 0.6 is 11.3 Å². The Balaban J connectivity index is 2.01. The number of nitrogens with zero attached hydrogens (tertiary/aromatic N) is 1. The summed E-state index contributed by atoms with van der Waals surface area (Å²) in [5.41, 5.74) is 0.778. The molecule has 0 aliphatic heterocycles. The fourth-order valence-electron chi connectivity index (χ4n) is 1.46. The van der Waals surface area contributed by atoms with Crippen molar-refractivity contribution in [1.82, 2.24) is 10.3 Å². The second-order valence-corrected chi connectivity index (χ2v) is 5.17. The molecule has 0 aliphatic rings. The second-order valence-electron chi connectivity index (χ2n) is 4.06. The molecule has 1 N–H and O–H groups in total. The molecule has 1 aromatic heterocycles. The first kappa shape index (κ1) is 13.8. The zero-order valence-corrected chi connectivity index (χ0v) is 10.8. The van der Waals surface area contributed by atoms with E-state index >= 15 is 0 Å². The third kappa shape index (κ3) is 3.23. The maximum absolute atomic E-state index is 12.3. The van der Waals surface area contributed by atoms with E-state index in [9.17, 15) is 18.0 Å². The smallest absolute Gasteiger partial charge is 0.349 e. The molecule has 1 amide bonds. The van der Waals surface area contributed by atoms with Crippen LogP contribution in [0.4, 0.5) is 13.2 Å². The van der Waals surface area contributed by atoms with Crippen LogP contribution in [0.1, 0.15) is 11.9 Å². The Morgan fingerprint density at radius 3 is 2.74 bits per heavy atom. The topological polar surface area (TPSA) is 42.0 Å². The molecule has 1 heterocycles. The van der Waals surface area contributed by atoms with Gasteiger partial charge in [-0.1, -0.05) is 12.1 Å². The van der Waals surface area contributed by atoms with E-state index in [0.29, 0.717) is 5.01 Å². The molecule has 0 bridgehead atoms. The van der Waals surface area contributed by atoms with Gasteiger partial charge >= 0.3 is 6.18 Å². The first-order chi connectivity index (χ1) is 8.88. The van der Waals surface area contributed by atoms with E-state index in [1.165, 1.54) is 11.3 Å². The van der Waals surface area contributed by atoms with Gasteiger partial charge in [0.1, 0.15) is 10.9 Å². The number of thiazole rings is 1. The van der Waals surface area contributed by atoms with Gasteiger partial charge in [0.2, 0.25) is 5.91 Å². The summed E-state index contributed by atoms with van der Waals surface area (Å²) >= 11 is 1.35. The van der Waals surface area contributed by atoms with Gasteiger partial charge in [0, 0.05) is 0 Å². The zero-order valence-electron chi connectivity index (χ0n) is 9.99. The molecular formula is C12H11F3N2OS. The van der Waals surface area contributed by atoms with Gasteiger partial charge < -0.3 is 5.32 Å². The van der Waals surface area contributed by atoms with Crippen molar-refractivity contribution in [2.75, 3.05) is 0 Å². The summed E-state index contributed by atoms with van der Waals surface area (Å²) < 4.78 is 37.9. The van der Waals surface area contributed by atoms with Crippen LogP contribution in [-0.4, -0.2) is 17.1 Å². The molecule has 1 unspecified atom stereocenters. The van der Waals surface area contributed by atoms with Crippen molar-refractivity contribution in [2.24, 2.45) is 5.92 Å². The van der Waals surface area contributed by atoms with E-state index in [1.807, 2.05) is 24.3 Å². The predicted molar refractivity (Wildman–Crippen MR) is 66.7 cm³/mol. The number of amides is 1. The Bertz CT molecular complexity index is 561. The molecule has 0 radical (unpaired) electrons. The molecule has 102 valence electrons. The van der Waals surface area contributed by atoms with Gasteiger partial charge in [-0.2, -0.15) is 13.2 Å². The van der Waals surface area contributed by atoms with Crippen molar-refractivity contribution in [3.8, 4) is 0 Å². The second kappa shape index (κ2) is 5.16. The Morgan fingerprint density at radius 1 is 1.42 bits per heavy atom. The first-order valence-corrected chi connectivity index (χ1v) is 6.38. The van der Waals surface area contributed by atoms with E-state index in [-0.39, 0.29) is 6.54 Å².